The maximum absolute atomic E-state index is 15.5. The van der Waals surface area contributed by atoms with Gasteiger partial charge in [0.05, 0.1) is 13.2 Å². The van der Waals surface area contributed by atoms with Gasteiger partial charge < -0.3 is 20.9 Å². The van der Waals surface area contributed by atoms with Crippen LogP contribution in [0.5, 0.6) is 11.5 Å². The van der Waals surface area contributed by atoms with Gasteiger partial charge in [-0.25, -0.2) is 0 Å². The molecule has 0 aliphatic heterocycles. The van der Waals surface area contributed by atoms with Gasteiger partial charge in [0.15, 0.2) is 0 Å². The normalized spacial score (nSPS) is 17.1. The molecule has 1 aliphatic rings. The van der Waals surface area contributed by atoms with E-state index in [1.54, 1.807) is 54.8 Å². The summed E-state index contributed by atoms with van der Waals surface area (Å²) < 4.78 is 103. The van der Waals surface area contributed by atoms with Crippen LogP contribution in [0.1, 0.15) is 28.8 Å². The van der Waals surface area contributed by atoms with Crippen molar-refractivity contribution in [3.63, 3.8) is 0 Å². The van der Waals surface area contributed by atoms with Crippen LogP contribution in [0.3, 0.4) is 0 Å². The molecule has 242 valence electrons. The quantitative estimate of drug-likeness (QED) is 0.102. The van der Waals surface area contributed by atoms with Gasteiger partial charge >= 0.3 is 17.8 Å². The monoisotopic (exact) mass is 668 g/mol. The molecule has 2 aromatic carbocycles. The van der Waals surface area contributed by atoms with Crippen molar-refractivity contribution >= 4 is 33.6 Å². The lowest BCUT2D eigenvalue weighted by atomic mass is 9.94. The highest BCUT2D eigenvalue weighted by Crippen LogP contribution is 2.64. The van der Waals surface area contributed by atoms with Crippen molar-refractivity contribution < 1.29 is 35.8 Å². The summed E-state index contributed by atoms with van der Waals surface area (Å²) in [7, 11) is 0. The average Bonchev–Trinajstić information content (AvgIpc) is 3.43. The van der Waals surface area contributed by atoms with Crippen LogP contribution in [0.2, 0.25) is 0 Å². The number of hydrogen-bond acceptors (Lipinski definition) is 6. The Labute approximate surface area is 266 Å². The fourth-order valence-electron chi connectivity index (χ4n) is 4.83. The van der Waals surface area contributed by atoms with E-state index in [1.807, 2.05) is 0 Å². The molecule has 0 bridgehead atoms. The largest absolute Gasteiger partial charge is 0.494 e. The van der Waals surface area contributed by atoms with Gasteiger partial charge in [-0.2, -0.15) is 26.3 Å². The molecule has 0 amide bonds. The van der Waals surface area contributed by atoms with Gasteiger partial charge in [0, 0.05) is 25.8 Å². The number of benzene rings is 2. The molecule has 0 radical (unpaired) electrons. The summed E-state index contributed by atoms with van der Waals surface area (Å²) in [5.41, 5.74) is 8.15. The Morgan fingerprint density at radius 1 is 0.867 bits per heavy atom. The molecule has 0 saturated carbocycles. The fraction of sp³-hybridized carbons (Fsp3) is 0.333. The number of thioether (sulfide) groups is 1. The molecule has 3 aromatic rings. The molecule has 4 rings (SSSR count). The first-order valence-corrected chi connectivity index (χ1v) is 16.1. The van der Waals surface area contributed by atoms with Crippen molar-refractivity contribution in [3.8, 4) is 21.9 Å². The standard InChI is InChI=1S/C33H34F6N2O2S2/c1-20(18-27(44-3)22-6-10-24(11-7-22)42-16-4-14-40)29-30(32(36,37)33(38,39)31(29,34)35)26-19-28(45-21(26)2)23-8-12-25(13-9-23)43-17-5-15-41/h6-13,18-19H,1,4-5,14-17,40-41H2,2-3H3/b27-18-. The van der Waals surface area contributed by atoms with Gasteiger partial charge in [0.25, 0.3) is 0 Å². The zero-order chi connectivity index (χ0) is 33.0. The topological polar surface area (TPSA) is 70.5 Å². The maximum atomic E-state index is 15.5. The lowest BCUT2D eigenvalue weighted by Crippen LogP contribution is -2.49. The van der Waals surface area contributed by atoms with E-state index in [9.17, 15) is 8.78 Å². The average molecular weight is 669 g/mol. The number of hydrogen-bond donors (Lipinski definition) is 2. The zero-order valence-electron chi connectivity index (χ0n) is 24.8. The molecule has 0 fully saturated rings. The third kappa shape index (κ3) is 6.84. The summed E-state index contributed by atoms with van der Waals surface area (Å²) in [4.78, 5) is 0.990. The summed E-state index contributed by atoms with van der Waals surface area (Å²) in [5, 5.41) is 0. The summed E-state index contributed by atoms with van der Waals surface area (Å²) in [6.45, 7) is 6.80. The second kappa shape index (κ2) is 14.1. The Kier molecular flexibility index (Phi) is 10.8. The van der Waals surface area contributed by atoms with Crippen LogP contribution in [0.25, 0.3) is 20.9 Å². The molecule has 0 atom stereocenters. The Hall–Kier alpha value is -3.19. The van der Waals surface area contributed by atoms with Crippen LogP contribution in [0, 0.1) is 6.92 Å². The molecular weight excluding hydrogens is 634 g/mol. The number of aryl methyl sites for hydroxylation is 1. The summed E-state index contributed by atoms with van der Waals surface area (Å²) in [6.07, 6.45) is 4.11. The lowest BCUT2D eigenvalue weighted by molar-refractivity contribution is -0.259. The van der Waals surface area contributed by atoms with Crippen LogP contribution in [0.15, 0.2) is 78.4 Å². The smallest absolute Gasteiger partial charge is 0.380 e. The summed E-state index contributed by atoms with van der Waals surface area (Å²) in [5.74, 6) is -14.9. The third-order valence-electron chi connectivity index (χ3n) is 7.21. The van der Waals surface area contributed by atoms with E-state index in [0.29, 0.717) is 71.6 Å². The highest BCUT2D eigenvalue weighted by molar-refractivity contribution is 8.07. The molecule has 0 unspecified atom stereocenters. The minimum absolute atomic E-state index is 0.182. The minimum Gasteiger partial charge on any atom is -0.494 e. The first-order chi connectivity index (χ1) is 21.3. The molecular formula is C33H34F6N2O2S2. The second-order valence-corrected chi connectivity index (χ2v) is 12.4. The van der Waals surface area contributed by atoms with Gasteiger partial charge in [-0.05, 0) is 110 Å². The van der Waals surface area contributed by atoms with Gasteiger partial charge in [-0.1, -0.05) is 18.7 Å². The van der Waals surface area contributed by atoms with Crippen molar-refractivity contribution in [2.45, 2.75) is 37.5 Å². The van der Waals surface area contributed by atoms with Crippen molar-refractivity contribution in [3.05, 3.63) is 94.4 Å². The predicted molar refractivity (Wildman–Crippen MR) is 172 cm³/mol. The number of rotatable bonds is 14. The molecule has 45 heavy (non-hydrogen) atoms. The summed E-state index contributed by atoms with van der Waals surface area (Å²) in [6, 6.07) is 14.6. The molecule has 1 aliphatic carbocycles. The van der Waals surface area contributed by atoms with E-state index in [4.69, 9.17) is 20.9 Å². The number of allylic oxidation sites excluding steroid dienone is 4. The molecule has 0 spiro atoms. The Morgan fingerprint density at radius 3 is 1.91 bits per heavy atom. The molecule has 4 N–H and O–H groups in total. The van der Waals surface area contributed by atoms with Crippen molar-refractivity contribution in [2.24, 2.45) is 11.5 Å². The highest BCUT2D eigenvalue weighted by Gasteiger charge is 2.80. The summed E-state index contributed by atoms with van der Waals surface area (Å²) >= 11 is 2.17. The van der Waals surface area contributed by atoms with Crippen molar-refractivity contribution in [1.29, 1.82) is 0 Å². The SMILES string of the molecule is C=C(/C=C(\SC)c1ccc(OCCCN)cc1)C1=C(c2cc(-c3ccc(OCCCN)cc3)sc2C)C(F)(F)C(F)(F)C1(F)F. The van der Waals surface area contributed by atoms with Gasteiger partial charge in [-0.15, -0.1) is 23.1 Å². The van der Waals surface area contributed by atoms with Crippen LogP contribution >= 0.6 is 23.1 Å². The predicted octanol–water partition coefficient (Wildman–Crippen LogP) is 8.81. The lowest BCUT2D eigenvalue weighted by Gasteiger charge is -2.26. The number of halogens is 6. The van der Waals surface area contributed by atoms with E-state index < -0.39 is 34.5 Å². The van der Waals surface area contributed by atoms with Crippen LogP contribution in [-0.4, -0.2) is 50.3 Å². The highest BCUT2D eigenvalue weighted by atomic mass is 32.2. The van der Waals surface area contributed by atoms with Crippen molar-refractivity contribution in [2.75, 3.05) is 32.6 Å². The molecule has 4 nitrogen and oxygen atoms in total. The van der Waals surface area contributed by atoms with Crippen molar-refractivity contribution in [1.82, 2.24) is 0 Å². The van der Waals surface area contributed by atoms with E-state index in [2.05, 4.69) is 6.58 Å². The molecule has 12 heteroatoms. The zero-order valence-corrected chi connectivity index (χ0v) is 26.4. The van der Waals surface area contributed by atoms with Crippen LogP contribution < -0.4 is 20.9 Å². The van der Waals surface area contributed by atoms with E-state index in [-0.39, 0.29) is 10.4 Å². The van der Waals surface area contributed by atoms with Crippen LogP contribution in [0.4, 0.5) is 26.3 Å². The Balaban J connectivity index is 1.75. The fourth-order valence-corrected chi connectivity index (χ4v) is 6.50. The first-order valence-electron chi connectivity index (χ1n) is 14.1. The Bertz CT molecular complexity index is 1560. The first kappa shape index (κ1) is 34.7. The van der Waals surface area contributed by atoms with E-state index >= 15 is 17.6 Å². The van der Waals surface area contributed by atoms with Gasteiger partial charge in [-0.3, -0.25) is 0 Å². The second-order valence-electron chi connectivity index (χ2n) is 10.3. The van der Waals surface area contributed by atoms with Crippen LogP contribution in [-0.2, 0) is 0 Å². The number of nitrogens with two attached hydrogens (primary N) is 2. The third-order valence-corrected chi connectivity index (χ3v) is 9.11. The molecule has 0 saturated heterocycles. The minimum atomic E-state index is -5.68. The molecule has 1 aromatic heterocycles. The molecule has 1 heterocycles. The number of thiophene rings is 1. The van der Waals surface area contributed by atoms with Gasteiger partial charge in [0.2, 0.25) is 0 Å². The maximum Gasteiger partial charge on any atom is 0.380 e. The van der Waals surface area contributed by atoms with Gasteiger partial charge in [0.1, 0.15) is 11.5 Å². The van der Waals surface area contributed by atoms with E-state index in [1.165, 1.54) is 13.0 Å². The van der Waals surface area contributed by atoms with E-state index in [0.717, 1.165) is 29.2 Å². The number of ether oxygens (including phenoxy) is 2. The Morgan fingerprint density at radius 2 is 1.40 bits per heavy atom. The number of alkyl halides is 6.